The van der Waals surface area contributed by atoms with Gasteiger partial charge < -0.3 is 13.8 Å². The molecule has 0 spiro atoms. The fourth-order valence-corrected chi connectivity index (χ4v) is 3.44. The number of hydrogen-bond acceptors (Lipinski definition) is 5. The summed E-state index contributed by atoms with van der Waals surface area (Å²) in [6.45, 7) is 8.53. The third-order valence-electron chi connectivity index (χ3n) is 2.45. The minimum atomic E-state index is -3.54. The van der Waals surface area contributed by atoms with E-state index in [0.717, 1.165) is 0 Å². The van der Waals surface area contributed by atoms with Crippen molar-refractivity contribution in [2.24, 2.45) is 0 Å². The number of carbonyl (C=O) groups excluding carboxylic acids is 1. The van der Waals surface area contributed by atoms with E-state index in [2.05, 4.69) is 0 Å². The molecule has 118 valence electrons. The van der Waals surface area contributed by atoms with E-state index < -0.39 is 19.4 Å². The topological polar surface area (TPSA) is 61.8 Å². The number of benzene rings is 1. The summed E-state index contributed by atoms with van der Waals surface area (Å²) in [7, 11) is -3.54. The molecule has 0 aliphatic carbocycles. The van der Waals surface area contributed by atoms with Crippen molar-refractivity contribution in [3.8, 4) is 0 Å². The summed E-state index contributed by atoms with van der Waals surface area (Å²) in [6, 6.07) is 8.53. The van der Waals surface area contributed by atoms with Crippen molar-refractivity contribution in [3.63, 3.8) is 0 Å². The predicted molar refractivity (Wildman–Crippen MR) is 81.4 cm³/mol. The second-order valence-corrected chi connectivity index (χ2v) is 7.45. The Labute approximate surface area is 126 Å². The van der Waals surface area contributed by atoms with Crippen LogP contribution in [0, 0.1) is 0 Å². The van der Waals surface area contributed by atoms with Crippen LogP contribution in [-0.2, 0) is 18.3 Å². The summed E-state index contributed by atoms with van der Waals surface area (Å²) >= 11 is 0. The first kappa shape index (κ1) is 17.9. The van der Waals surface area contributed by atoms with E-state index in [1.54, 1.807) is 58.0 Å². The SMILES string of the molecule is CC(C)OP(=O)(OC(C)C)[C@@H](C)OC(=O)c1ccccc1. The van der Waals surface area contributed by atoms with Crippen LogP contribution in [0.15, 0.2) is 30.3 Å². The van der Waals surface area contributed by atoms with Gasteiger partial charge in [0.25, 0.3) is 0 Å². The molecule has 0 radical (unpaired) electrons. The van der Waals surface area contributed by atoms with E-state index in [0.29, 0.717) is 5.56 Å². The van der Waals surface area contributed by atoms with Crippen molar-refractivity contribution >= 4 is 13.6 Å². The van der Waals surface area contributed by atoms with Crippen molar-refractivity contribution in [2.75, 3.05) is 0 Å². The molecule has 21 heavy (non-hydrogen) atoms. The smallest absolute Gasteiger partial charge is 0.371 e. The summed E-state index contributed by atoms with van der Waals surface area (Å²) < 4.78 is 28.8. The molecule has 1 rings (SSSR count). The highest BCUT2D eigenvalue weighted by atomic mass is 31.2. The molecule has 0 unspecified atom stereocenters. The molecule has 0 aliphatic heterocycles. The monoisotopic (exact) mass is 314 g/mol. The molecule has 5 nitrogen and oxygen atoms in total. The zero-order valence-electron chi connectivity index (χ0n) is 13.1. The molecule has 1 aromatic carbocycles. The number of ether oxygens (including phenoxy) is 1. The van der Waals surface area contributed by atoms with Crippen LogP contribution in [0.5, 0.6) is 0 Å². The van der Waals surface area contributed by atoms with Crippen LogP contribution in [0.1, 0.15) is 45.0 Å². The van der Waals surface area contributed by atoms with E-state index in [9.17, 15) is 9.36 Å². The van der Waals surface area contributed by atoms with Crippen LogP contribution in [0.3, 0.4) is 0 Å². The molecule has 0 fully saturated rings. The van der Waals surface area contributed by atoms with Gasteiger partial charge in [0.1, 0.15) is 0 Å². The Bertz CT molecular complexity index is 484. The highest BCUT2D eigenvalue weighted by Crippen LogP contribution is 2.55. The van der Waals surface area contributed by atoms with Crippen LogP contribution < -0.4 is 0 Å². The first-order valence-corrected chi connectivity index (χ1v) is 8.58. The molecule has 1 aromatic rings. The lowest BCUT2D eigenvalue weighted by Gasteiger charge is -2.27. The number of esters is 1. The average Bonchev–Trinajstić information content (AvgIpc) is 2.37. The lowest BCUT2D eigenvalue weighted by atomic mass is 10.2. The standard InChI is InChI=1S/C15H23O5P/c1-11(2)19-21(17,20-12(3)4)13(5)18-15(16)14-9-7-6-8-10-14/h6-13H,1-5H3/t13-/m0/s1. The van der Waals surface area contributed by atoms with Crippen molar-refractivity contribution < 1.29 is 23.1 Å². The van der Waals surface area contributed by atoms with Gasteiger partial charge in [0.05, 0.1) is 17.8 Å². The molecule has 0 aromatic heterocycles. The Kier molecular flexibility index (Phi) is 6.59. The van der Waals surface area contributed by atoms with E-state index in [-0.39, 0.29) is 12.2 Å². The Morgan fingerprint density at radius 2 is 1.43 bits per heavy atom. The van der Waals surface area contributed by atoms with Gasteiger partial charge in [0.2, 0.25) is 0 Å². The maximum Gasteiger partial charge on any atom is 0.371 e. The molecule has 0 bridgehead atoms. The largest absolute Gasteiger partial charge is 0.446 e. The van der Waals surface area contributed by atoms with Crippen molar-refractivity contribution in [1.29, 1.82) is 0 Å². The third kappa shape index (κ3) is 5.62. The molecule has 0 saturated heterocycles. The second kappa shape index (κ2) is 7.74. The number of carbonyl (C=O) groups is 1. The van der Waals surface area contributed by atoms with Gasteiger partial charge in [-0.15, -0.1) is 0 Å². The van der Waals surface area contributed by atoms with Crippen molar-refractivity contribution in [3.05, 3.63) is 35.9 Å². The van der Waals surface area contributed by atoms with E-state index in [1.807, 2.05) is 0 Å². The van der Waals surface area contributed by atoms with Crippen LogP contribution in [-0.4, -0.2) is 24.0 Å². The Morgan fingerprint density at radius 3 is 1.86 bits per heavy atom. The first-order chi connectivity index (χ1) is 9.74. The minimum Gasteiger partial charge on any atom is -0.446 e. The van der Waals surface area contributed by atoms with Gasteiger partial charge in [0, 0.05) is 0 Å². The van der Waals surface area contributed by atoms with Gasteiger partial charge in [-0.1, -0.05) is 18.2 Å². The third-order valence-corrected chi connectivity index (χ3v) is 4.87. The molecule has 0 heterocycles. The maximum atomic E-state index is 12.8. The Hall–Kier alpha value is -1.16. The van der Waals surface area contributed by atoms with Gasteiger partial charge in [0.15, 0.2) is 5.85 Å². The van der Waals surface area contributed by atoms with E-state index in [4.69, 9.17) is 13.8 Å². The summed E-state index contributed by atoms with van der Waals surface area (Å²) in [5.41, 5.74) is 0.394. The fourth-order valence-electron chi connectivity index (χ4n) is 1.65. The van der Waals surface area contributed by atoms with Crippen LogP contribution in [0.25, 0.3) is 0 Å². The summed E-state index contributed by atoms with van der Waals surface area (Å²) in [4.78, 5) is 12.0. The predicted octanol–water partition coefficient (Wildman–Crippen LogP) is 4.23. The fraction of sp³-hybridized carbons (Fsp3) is 0.533. The van der Waals surface area contributed by atoms with Crippen molar-refractivity contribution in [2.45, 2.75) is 52.7 Å². The van der Waals surface area contributed by atoms with Gasteiger partial charge in [-0.2, -0.15) is 0 Å². The molecule has 0 aliphatic rings. The van der Waals surface area contributed by atoms with Gasteiger partial charge >= 0.3 is 13.6 Å². The van der Waals surface area contributed by atoms with Gasteiger partial charge in [-0.25, -0.2) is 4.79 Å². The second-order valence-electron chi connectivity index (χ2n) is 5.22. The lowest BCUT2D eigenvalue weighted by molar-refractivity contribution is 0.0353. The summed E-state index contributed by atoms with van der Waals surface area (Å²) in [6.07, 6.45) is -0.597. The van der Waals surface area contributed by atoms with Crippen LogP contribution in [0.2, 0.25) is 0 Å². The molecule has 0 saturated carbocycles. The van der Waals surface area contributed by atoms with Gasteiger partial charge in [-0.3, -0.25) is 4.57 Å². The normalized spacial score (nSPS) is 13.5. The van der Waals surface area contributed by atoms with Crippen LogP contribution in [0.4, 0.5) is 0 Å². The molecule has 6 heteroatoms. The Morgan fingerprint density at radius 1 is 0.952 bits per heavy atom. The van der Waals surface area contributed by atoms with E-state index in [1.165, 1.54) is 6.92 Å². The quantitative estimate of drug-likeness (QED) is 0.556. The van der Waals surface area contributed by atoms with Crippen molar-refractivity contribution in [1.82, 2.24) is 0 Å². The molecule has 1 atom stereocenters. The zero-order chi connectivity index (χ0) is 16.0. The number of hydrogen-bond donors (Lipinski definition) is 0. The lowest BCUT2D eigenvalue weighted by Crippen LogP contribution is -2.21. The highest BCUT2D eigenvalue weighted by Gasteiger charge is 2.38. The zero-order valence-corrected chi connectivity index (χ0v) is 14.0. The Balaban J connectivity index is 2.84. The molecule has 0 amide bonds. The average molecular weight is 314 g/mol. The minimum absolute atomic E-state index is 0.299. The maximum absolute atomic E-state index is 12.8. The molecular formula is C15H23O5P. The first-order valence-electron chi connectivity index (χ1n) is 6.97. The van der Waals surface area contributed by atoms with Gasteiger partial charge in [-0.05, 0) is 46.8 Å². The summed E-state index contributed by atoms with van der Waals surface area (Å²) in [5, 5.41) is 0. The highest BCUT2D eigenvalue weighted by molar-refractivity contribution is 7.54. The number of rotatable bonds is 7. The summed E-state index contributed by atoms with van der Waals surface area (Å²) in [5.74, 6) is -1.53. The van der Waals surface area contributed by atoms with E-state index >= 15 is 0 Å². The van der Waals surface area contributed by atoms with Crippen LogP contribution >= 0.6 is 7.60 Å². The molecular weight excluding hydrogens is 291 g/mol. The molecule has 0 N–H and O–H groups in total.